The van der Waals surface area contributed by atoms with E-state index in [2.05, 4.69) is 100 Å². The van der Waals surface area contributed by atoms with Crippen molar-refractivity contribution in [2.24, 2.45) is 58.2 Å². The van der Waals surface area contributed by atoms with Crippen LogP contribution in [-0.2, 0) is 57.0 Å². The van der Waals surface area contributed by atoms with E-state index < -0.39 is 144 Å². The smallest absolute Gasteiger partial charge is 0.311 e. The summed E-state index contributed by atoms with van der Waals surface area (Å²) in [6.45, 7) is 46.5. The Hall–Kier alpha value is -1.78. The van der Waals surface area contributed by atoms with Crippen LogP contribution in [0, 0.1) is 58.2 Å². The van der Waals surface area contributed by atoms with Gasteiger partial charge in [0.15, 0.2) is 25.2 Å². The summed E-state index contributed by atoms with van der Waals surface area (Å²) in [5.74, 6) is -3.54. The second-order valence-corrected chi connectivity index (χ2v) is 35.5. The molecule has 6 saturated heterocycles. The Morgan fingerprint density at radius 3 is 1.36 bits per heavy atom. The van der Waals surface area contributed by atoms with E-state index in [1.165, 1.54) is 13.8 Å². The molecule has 0 saturated carbocycles. The molecule has 0 amide bonds. The number of likely N-dealkylation sites (N-methyl/N-ethyl adjacent to an activating group) is 2. The monoisotopic (exact) mass is 1420 g/mol. The molecule has 0 aromatic carbocycles. The van der Waals surface area contributed by atoms with Gasteiger partial charge in [0, 0.05) is 74.3 Å². The molecule has 0 radical (unpaired) electrons. The number of aliphatic hydroxyl groups is 6. The number of hydrogen-bond donors (Lipinski definition) is 6. The fourth-order valence-corrected chi connectivity index (χ4v) is 17.6. The lowest BCUT2D eigenvalue weighted by molar-refractivity contribution is -0.298. The SMILES string of the molecule is CC[C@H]1OC(=O)[C@H](C)C(O[C@H]2CC(C)(C)C[C@H](C)O2)[C@H](C)[C@@H](OC2O[C@H](C)C[C@H](N(C)C)[C@H]2C)[C@](C)(O)C[C@@H](C)CN(C)[C@H](C)[C@@H](O)[C@]1(C)O.CC[C@H]1OC(=O)[C@H](C)C(O[C@H]2CC(C)(C)[C@@H](C)CO2)[C@H](C)[C@@H](OC2C[C@@H](N(C)C)C[C@@H](C)O2)[C@](C)(O)C[C@@H](C)CN(C)[C@H](C)[C@@H](O)[C@]1(C)O. The van der Waals surface area contributed by atoms with Gasteiger partial charge in [0.05, 0.1) is 72.4 Å². The molecule has 31 atom stereocenters. The van der Waals surface area contributed by atoms with Crippen LogP contribution in [0.5, 0.6) is 0 Å². The highest BCUT2D eigenvalue weighted by molar-refractivity contribution is 5.73. The number of cyclic esters (lactones) is 2. The van der Waals surface area contributed by atoms with Crippen LogP contribution < -0.4 is 0 Å². The molecule has 0 aromatic heterocycles. The summed E-state index contributed by atoms with van der Waals surface area (Å²) in [6, 6.07) is -0.472. The van der Waals surface area contributed by atoms with E-state index in [1.807, 2.05) is 86.2 Å². The first-order chi connectivity index (χ1) is 45.4. The van der Waals surface area contributed by atoms with Crippen molar-refractivity contribution in [2.45, 2.75) is 362 Å². The lowest BCUT2D eigenvalue weighted by Gasteiger charge is -2.48. The minimum atomic E-state index is -1.72. The normalized spacial score (nSPS) is 47.3. The van der Waals surface area contributed by atoms with Crippen molar-refractivity contribution in [3.05, 3.63) is 0 Å². The predicted molar refractivity (Wildman–Crippen MR) is 384 cm³/mol. The zero-order chi connectivity index (χ0) is 75.3. The quantitative estimate of drug-likeness (QED) is 0.0995. The van der Waals surface area contributed by atoms with Gasteiger partial charge in [-0.05, 0) is 192 Å². The minimum absolute atomic E-state index is 0.00401. The van der Waals surface area contributed by atoms with E-state index in [1.54, 1.807) is 20.8 Å². The number of nitrogens with zero attached hydrogens (tertiary/aromatic N) is 4. The van der Waals surface area contributed by atoms with Crippen molar-refractivity contribution < 1.29 is 87.6 Å². The average molecular weight is 1420 g/mol. The molecule has 0 bridgehead atoms. The molecular weight excluding hydrogens is 1270 g/mol. The number of ether oxygens (including phenoxy) is 10. The van der Waals surface area contributed by atoms with Gasteiger partial charge in [-0.2, -0.15) is 0 Å². The van der Waals surface area contributed by atoms with Crippen LogP contribution in [0.1, 0.15) is 223 Å². The molecule has 6 N–H and O–H groups in total. The Morgan fingerprint density at radius 1 is 0.505 bits per heavy atom. The molecule has 6 aliphatic rings. The Labute approximate surface area is 599 Å². The highest BCUT2D eigenvalue weighted by atomic mass is 16.7. The molecule has 22 nitrogen and oxygen atoms in total. The van der Waals surface area contributed by atoms with Crippen molar-refractivity contribution in [2.75, 3.05) is 62.0 Å². The van der Waals surface area contributed by atoms with Crippen molar-refractivity contribution in [1.29, 1.82) is 0 Å². The van der Waals surface area contributed by atoms with Crippen LogP contribution >= 0.6 is 0 Å². The first-order valence-corrected chi connectivity index (χ1v) is 38.0. The molecule has 6 heterocycles. The van der Waals surface area contributed by atoms with E-state index in [0.717, 1.165) is 19.3 Å². The summed E-state index contributed by atoms with van der Waals surface area (Å²) in [5, 5.41) is 71.4. The molecule has 582 valence electrons. The van der Waals surface area contributed by atoms with Gasteiger partial charge in [-0.25, -0.2) is 0 Å². The van der Waals surface area contributed by atoms with E-state index >= 15 is 0 Å². The Balaban J connectivity index is 0.000000357. The molecule has 0 spiro atoms. The highest BCUT2D eigenvalue weighted by Gasteiger charge is 2.54. The van der Waals surface area contributed by atoms with E-state index in [9.17, 15) is 40.2 Å². The molecule has 99 heavy (non-hydrogen) atoms. The summed E-state index contributed by atoms with van der Waals surface area (Å²) in [5.41, 5.74) is -6.26. The third-order valence-electron chi connectivity index (χ3n) is 24.3. The summed E-state index contributed by atoms with van der Waals surface area (Å²) in [7, 11) is 12.1. The molecule has 6 fully saturated rings. The van der Waals surface area contributed by atoms with Crippen LogP contribution in [0.3, 0.4) is 0 Å². The molecule has 0 aliphatic carbocycles. The average Bonchev–Trinajstić information content (AvgIpc) is 1.68. The van der Waals surface area contributed by atoms with Crippen LogP contribution in [-0.4, -0.2) is 263 Å². The summed E-state index contributed by atoms with van der Waals surface area (Å²) in [6.07, 6.45) is -4.11. The third kappa shape index (κ3) is 22.6. The molecule has 4 unspecified atom stereocenters. The van der Waals surface area contributed by atoms with Gasteiger partial charge in [-0.3, -0.25) is 9.59 Å². The minimum Gasteiger partial charge on any atom is -0.459 e. The van der Waals surface area contributed by atoms with Gasteiger partial charge in [-0.1, -0.05) is 83.1 Å². The van der Waals surface area contributed by atoms with Gasteiger partial charge in [0.2, 0.25) is 0 Å². The van der Waals surface area contributed by atoms with Crippen LogP contribution in [0.15, 0.2) is 0 Å². The summed E-state index contributed by atoms with van der Waals surface area (Å²) in [4.78, 5) is 36.7. The number of rotatable bonds is 12. The topological polar surface area (TPSA) is 261 Å². The molecule has 0 aromatic rings. The Morgan fingerprint density at radius 2 is 0.939 bits per heavy atom. The van der Waals surface area contributed by atoms with Gasteiger partial charge >= 0.3 is 11.9 Å². The second-order valence-electron chi connectivity index (χ2n) is 35.5. The number of aliphatic hydroxyl groups excluding tert-OH is 2. The molecule has 6 aliphatic heterocycles. The lowest BCUT2D eigenvalue weighted by atomic mass is 9.75. The Kier molecular flexibility index (Phi) is 31.7. The van der Waals surface area contributed by atoms with E-state index in [-0.39, 0.29) is 59.0 Å². The number of hydrogen-bond acceptors (Lipinski definition) is 22. The number of carbonyl (C=O) groups is 2. The predicted octanol–water partition coefficient (Wildman–Crippen LogP) is 9.26. The first kappa shape index (κ1) is 87.9. The molecule has 6 rings (SSSR count). The first-order valence-electron chi connectivity index (χ1n) is 38.0. The van der Waals surface area contributed by atoms with Gasteiger partial charge in [0.1, 0.15) is 35.6 Å². The maximum Gasteiger partial charge on any atom is 0.311 e. The maximum absolute atomic E-state index is 14.2. The van der Waals surface area contributed by atoms with E-state index in [0.29, 0.717) is 70.6 Å². The van der Waals surface area contributed by atoms with Crippen molar-refractivity contribution in [3.63, 3.8) is 0 Å². The number of esters is 2. The summed E-state index contributed by atoms with van der Waals surface area (Å²) >= 11 is 0. The Bertz CT molecular complexity index is 2470. The maximum atomic E-state index is 14.2. The fraction of sp³-hybridized carbons (Fsp3) is 0.974. The lowest BCUT2D eigenvalue weighted by Crippen LogP contribution is -2.59. The standard InChI is InChI=1S/C39H74N2O9.C38H72N2O9/c1-16-30-39(12,45)33(42)28(8)41(15)21-22(2)18-38(11,44)34(50-36-25(5)29(40(13)14)17-23(3)47-36)26(6)32(27(7)35(43)48-30)49-31-20-37(9,10)19-24(4)46-31;1-15-29-38(11,44)33(41)27(7)40(14)20-22(2)18-37(10,43)34(49-30-17-28(39(12)13)16-24(4)46-30)25(5)32(26(6)35(42)47-29)48-31-19-36(8,9)23(3)21-45-31/h22-34,36,42,44-45H,16-21H2,1-15H3;22-34,41,43-44H,15-21H2,1-14H3/t22-,23-,24+,25-,26+,27-,28-,29+,30-,31+,32?,33-,34-,36?,38-,39-;22-,23+,24-,25+,26-,27-,28+,29-,30?,31+,32?,33-,34-,37-,38-/m11/s1. The van der Waals surface area contributed by atoms with Crippen LogP contribution in [0.25, 0.3) is 0 Å². The number of carbonyl (C=O) groups excluding carboxylic acids is 2. The third-order valence-corrected chi connectivity index (χ3v) is 24.3. The zero-order valence-corrected chi connectivity index (χ0v) is 67.2. The van der Waals surface area contributed by atoms with Crippen LogP contribution in [0.4, 0.5) is 0 Å². The van der Waals surface area contributed by atoms with Gasteiger partial charge in [-0.15, -0.1) is 0 Å². The summed E-state index contributed by atoms with van der Waals surface area (Å²) < 4.78 is 65.1. The largest absolute Gasteiger partial charge is 0.459 e. The van der Waals surface area contributed by atoms with Crippen molar-refractivity contribution >= 4 is 11.9 Å². The molecular formula is C77H146N4O18. The zero-order valence-electron chi connectivity index (χ0n) is 67.2. The van der Waals surface area contributed by atoms with Gasteiger partial charge in [0.25, 0.3) is 0 Å². The highest BCUT2D eigenvalue weighted by Crippen LogP contribution is 2.45. The molecule has 22 heteroatoms. The second kappa shape index (κ2) is 35.7. The van der Waals surface area contributed by atoms with E-state index in [4.69, 9.17) is 47.4 Å². The van der Waals surface area contributed by atoms with Crippen LogP contribution in [0.2, 0.25) is 0 Å². The van der Waals surface area contributed by atoms with Crippen molar-refractivity contribution in [1.82, 2.24) is 19.6 Å². The van der Waals surface area contributed by atoms with Gasteiger partial charge < -0.3 is 97.6 Å². The van der Waals surface area contributed by atoms with Crippen molar-refractivity contribution in [3.8, 4) is 0 Å². The fourth-order valence-electron chi connectivity index (χ4n) is 17.6.